The Bertz CT molecular complexity index is 647. The summed E-state index contributed by atoms with van der Waals surface area (Å²) in [6.45, 7) is 2.66. The molecule has 0 saturated heterocycles. The van der Waals surface area contributed by atoms with Gasteiger partial charge in [-0.05, 0) is 30.2 Å². The summed E-state index contributed by atoms with van der Waals surface area (Å²) in [6.07, 6.45) is 5.22. The largest absolute Gasteiger partial charge is 0.476 e. The normalized spacial score (nSPS) is 11.1. The Morgan fingerprint density at radius 2 is 2.05 bits per heavy atom. The lowest BCUT2D eigenvalue weighted by Gasteiger charge is -2.02. The highest BCUT2D eigenvalue weighted by molar-refractivity contribution is 5.90. The van der Waals surface area contributed by atoms with Crippen LogP contribution < -0.4 is 0 Å². The summed E-state index contributed by atoms with van der Waals surface area (Å²) in [5, 5.41) is 16.7. The molecule has 110 valence electrons. The Morgan fingerprint density at radius 3 is 2.67 bits per heavy atom. The van der Waals surface area contributed by atoms with Gasteiger partial charge in [-0.1, -0.05) is 36.8 Å². The van der Waals surface area contributed by atoms with Gasteiger partial charge in [0.15, 0.2) is 5.69 Å². The molecule has 0 aliphatic carbocycles. The minimum Gasteiger partial charge on any atom is -0.476 e. The topological polar surface area (TPSA) is 68.0 Å². The Balaban J connectivity index is 2.29. The average Bonchev–Trinajstić information content (AvgIpc) is 2.87. The smallest absolute Gasteiger partial charge is 0.358 e. The van der Waals surface area contributed by atoms with Crippen molar-refractivity contribution in [3.05, 3.63) is 47.0 Å². The molecule has 2 aromatic rings. The van der Waals surface area contributed by atoms with E-state index < -0.39 is 5.97 Å². The molecule has 5 nitrogen and oxygen atoms in total. The number of carbonyl (C=O) groups is 1. The third kappa shape index (κ3) is 3.75. The zero-order chi connectivity index (χ0) is 15.2. The van der Waals surface area contributed by atoms with Crippen LogP contribution in [0.3, 0.4) is 0 Å². The van der Waals surface area contributed by atoms with Crippen LogP contribution in [0.15, 0.2) is 24.3 Å². The van der Waals surface area contributed by atoms with E-state index in [2.05, 4.69) is 10.3 Å². The maximum Gasteiger partial charge on any atom is 0.358 e. The van der Waals surface area contributed by atoms with Gasteiger partial charge >= 0.3 is 5.97 Å². The number of halogens is 1. The van der Waals surface area contributed by atoms with Crippen molar-refractivity contribution < 1.29 is 14.3 Å². The molecule has 1 N–H and O–H groups in total. The number of aromatic nitrogens is 3. The summed E-state index contributed by atoms with van der Waals surface area (Å²) >= 11 is 0. The Labute approximate surface area is 121 Å². The van der Waals surface area contributed by atoms with Crippen molar-refractivity contribution >= 4 is 18.1 Å². The van der Waals surface area contributed by atoms with E-state index in [1.807, 2.05) is 6.92 Å². The maximum absolute atomic E-state index is 12.8. The first-order valence-electron chi connectivity index (χ1n) is 6.72. The van der Waals surface area contributed by atoms with Gasteiger partial charge in [0.25, 0.3) is 0 Å². The summed E-state index contributed by atoms with van der Waals surface area (Å²) in [6, 6.07) is 5.94. The minimum atomic E-state index is -1.11. The molecule has 0 radical (unpaired) electrons. The lowest BCUT2D eigenvalue weighted by atomic mass is 10.2. The molecule has 2 rings (SSSR count). The lowest BCUT2D eigenvalue weighted by molar-refractivity contribution is 0.0690. The standard InChI is InChI=1S/C15H16FN3O2/c1-2-3-10-19-13(14(15(20)21)17-18-19)9-6-11-4-7-12(16)8-5-11/h4-9H,2-3,10H2,1H3,(H,20,21)/b9-6+. The van der Waals surface area contributed by atoms with Crippen molar-refractivity contribution in [1.29, 1.82) is 0 Å². The summed E-state index contributed by atoms with van der Waals surface area (Å²) < 4.78 is 14.4. The molecule has 0 fully saturated rings. The molecule has 0 aliphatic heterocycles. The van der Waals surface area contributed by atoms with Gasteiger partial charge in [-0.15, -0.1) is 5.10 Å². The number of aryl methyl sites for hydroxylation is 1. The van der Waals surface area contributed by atoms with Gasteiger partial charge in [0, 0.05) is 6.54 Å². The van der Waals surface area contributed by atoms with E-state index in [9.17, 15) is 9.18 Å². The molecule has 1 heterocycles. The molecule has 1 aromatic heterocycles. The van der Waals surface area contributed by atoms with Crippen LogP contribution in [0.1, 0.15) is 41.5 Å². The van der Waals surface area contributed by atoms with Crippen LogP contribution in [0.5, 0.6) is 0 Å². The van der Waals surface area contributed by atoms with Gasteiger partial charge in [-0.25, -0.2) is 13.9 Å². The predicted molar refractivity (Wildman–Crippen MR) is 77.2 cm³/mol. The van der Waals surface area contributed by atoms with Crippen LogP contribution in [0.2, 0.25) is 0 Å². The first-order valence-corrected chi connectivity index (χ1v) is 6.72. The average molecular weight is 289 g/mol. The predicted octanol–water partition coefficient (Wildman–Crippen LogP) is 3.09. The highest BCUT2D eigenvalue weighted by Gasteiger charge is 2.16. The number of benzene rings is 1. The van der Waals surface area contributed by atoms with Crippen molar-refractivity contribution in [2.24, 2.45) is 0 Å². The van der Waals surface area contributed by atoms with Crippen LogP contribution >= 0.6 is 0 Å². The van der Waals surface area contributed by atoms with Crippen LogP contribution in [-0.4, -0.2) is 26.1 Å². The summed E-state index contributed by atoms with van der Waals surface area (Å²) in [7, 11) is 0. The molecule has 0 saturated carbocycles. The van der Waals surface area contributed by atoms with E-state index in [0.29, 0.717) is 12.2 Å². The quantitative estimate of drug-likeness (QED) is 0.887. The maximum atomic E-state index is 12.8. The van der Waals surface area contributed by atoms with Crippen molar-refractivity contribution in [2.45, 2.75) is 26.3 Å². The zero-order valence-corrected chi connectivity index (χ0v) is 11.7. The van der Waals surface area contributed by atoms with Crippen molar-refractivity contribution in [3.8, 4) is 0 Å². The van der Waals surface area contributed by atoms with E-state index in [1.165, 1.54) is 12.1 Å². The van der Waals surface area contributed by atoms with Gasteiger partial charge in [0.05, 0.1) is 5.69 Å². The van der Waals surface area contributed by atoms with Gasteiger partial charge in [0.1, 0.15) is 5.82 Å². The van der Waals surface area contributed by atoms with Crippen molar-refractivity contribution in [2.75, 3.05) is 0 Å². The fraction of sp³-hybridized carbons (Fsp3) is 0.267. The van der Waals surface area contributed by atoms with Crippen molar-refractivity contribution in [3.63, 3.8) is 0 Å². The summed E-state index contributed by atoms with van der Waals surface area (Å²) in [5.74, 6) is -1.43. The molecule has 1 aromatic carbocycles. The van der Waals surface area contributed by atoms with Crippen LogP contribution in [0.4, 0.5) is 4.39 Å². The second-order valence-corrected chi connectivity index (χ2v) is 4.59. The SMILES string of the molecule is CCCCn1nnc(C(=O)O)c1/C=C/c1ccc(F)cc1. The number of nitrogens with zero attached hydrogens (tertiary/aromatic N) is 3. The van der Waals surface area contributed by atoms with Crippen molar-refractivity contribution in [1.82, 2.24) is 15.0 Å². The number of hydrogen-bond donors (Lipinski definition) is 1. The molecule has 0 spiro atoms. The lowest BCUT2D eigenvalue weighted by Crippen LogP contribution is -2.05. The molecule has 0 atom stereocenters. The minimum absolute atomic E-state index is 0.0792. The number of carboxylic acid groups (broad SMARTS) is 1. The molecule has 0 amide bonds. The van der Waals surface area contributed by atoms with E-state index in [-0.39, 0.29) is 11.5 Å². The van der Waals surface area contributed by atoms with E-state index in [1.54, 1.807) is 29.0 Å². The number of aromatic carboxylic acids is 1. The van der Waals surface area contributed by atoms with E-state index in [0.717, 1.165) is 18.4 Å². The summed E-state index contributed by atoms with van der Waals surface area (Å²) in [4.78, 5) is 11.2. The number of hydrogen-bond acceptors (Lipinski definition) is 3. The fourth-order valence-corrected chi connectivity index (χ4v) is 1.86. The molecular weight excluding hydrogens is 273 g/mol. The molecule has 0 aliphatic rings. The Kier molecular flexibility index (Phi) is 4.81. The summed E-state index contributed by atoms with van der Waals surface area (Å²) in [5.41, 5.74) is 1.14. The molecule has 0 unspecified atom stereocenters. The van der Waals surface area contributed by atoms with Gasteiger partial charge in [0.2, 0.25) is 0 Å². The Hall–Kier alpha value is -2.50. The number of carboxylic acids is 1. The Morgan fingerprint density at radius 1 is 1.33 bits per heavy atom. The van der Waals surface area contributed by atoms with E-state index in [4.69, 9.17) is 5.11 Å². The second kappa shape index (κ2) is 6.78. The second-order valence-electron chi connectivity index (χ2n) is 4.59. The van der Waals surface area contributed by atoms with Gasteiger partial charge < -0.3 is 5.11 Å². The van der Waals surface area contributed by atoms with Crippen LogP contribution in [-0.2, 0) is 6.54 Å². The monoisotopic (exact) mass is 289 g/mol. The van der Waals surface area contributed by atoms with Gasteiger partial charge in [-0.3, -0.25) is 0 Å². The first-order chi connectivity index (χ1) is 10.1. The number of rotatable bonds is 6. The third-order valence-corrected chi connectivity index (χ3v) is 3.00. The third-order valence-electron chi connectivity index (χ3n) is 3.00. The zero-order valence-electron chi connectivity index (χ0n) is 11.7. The highest BCUT2D eigenvalue weighted by Crippen LogP contribution is 2.13. The molecule has 0 bridgehead atoms. The van der Waals surface area contributed by atoms with Crippen LogP contribution in [0, 0.1) is 5.82 Å². The molecule has 21 heavy (non-hydrogen) atoms. The molecule has 6 heteroatoms. The van der Waals surface area contributed by atoms with E-state index >= 15 is 0 Å². The first kappa shape index (κ1) is 14.9. The fourth-order valence-electron chi connectivity index (χ4n) is 1.86. The van der Waals surface area contributed by atoms with Gasteiger partial charge in [-0.2, -0.15) is 0 Å². The van der Waals surface area contributed by atoms with Crippen LogP contribution in [0.25, 0.3) is 12.2 Å². The number of unbranched alkanes of at least 4 members (excludes halogenated alkanes) is 1. The molecular formula is C15H16FN3O2. The highest BCUT2D eigenvalue weighted by atomic mass is 19.1.